The highest BCUT2D eigenvalue weighted by Crippen LogP contribution is 2.20. The van der Waals surface area contributed by atoms with E-state index in [1.54, 1.807) is 0 Å². The standard InChI is InChI=1S/C18H28N4O.CH2O2/c1-20-7-3-8-21(11-10-20)15-18(23)22-9-5-17(14-22)12-16-4-2-6-19-13-16;2-1-3/h2,4,6,13,17H,3,5,7-12,14-15H2,1H3;1H,(H,2,3). The van der Waals surface area contributed by atoms with E-state index in [2.05, 4.69) is 32.8 Å². The zero-order chi connectivity index (χ0) is 18.8. The topological polar surface area (TPSA) is 77.0 Å². The van der Waals surface area contributed by atoms with Crippen molar-refractivity contribution in [3.05, 3.63) is 30.1 Å². The van der Waals surface area contributed by atoms with Crippen LogP contribution in [0.4, 0.5) is 0 Å². The van der Waals surface area contributed by atoms with Crippen LogP contribution in [0.25, 0.3) is 0 Å². The average Bonchev–Trinajstić information content (AvgIpc) is 3.00. The van der Waals surface area contributed by atoms with Crippen molar-refractivity contribution in [1.29, 1.82) is 0 Å². The maximum atomic E-state index is 12.6. The smallest absolute Gasteiger partial charge is 0.290 e. The summed E-state index contributed by atoms with van der Waals surface area (Å²) >= 11 is 0. The van der Waals surface area contributed by atoms with Crippen molar-refractivity contribution < 1.29 is 14.7 Å². The maximum Gasteiger partial charge on any atom is 0.290 e. The molecule has 1 aromatic rings. The normalized spacial score (nSPS) is 21.6. The number of carbonyl (C=O) groups excluding carboxylic acids is 1. The Hall–Kier alpha value is -1.99. The van der Waals surface area contributed by atoms with Crippen molar-refractivity contribution in [3.8, 4) is 0 Å². The monoisotopic (exact) mass is 362 g/mol. The van der Waals surface area contributed by atoms with Crippen molar-refractivity contribution in [2.45, 2.75) is 19.3 Å². The molecule has 0 spiro atoms. The third-order valence-electron chi connectivity index (χ3n) is 5.06. The van der Waals surface area contributed by atoms with Gasteiger partial charge in [0.15, 0.2) is 0 Å². The Labute approximate surface area is 155 Å². The molecule has 3 heterocycles. The number of nitrogens with zero attached hydrogens (tertiary/aromatic N) is 4. The number of carbonyl (C=O) groups is 2. The second-order valence-corrected chi connectivity index (χ2v) is 7.10. The first kappa shape index (κ1) is 20.3. The lowest BCUT2D eigenvalue weighted by molar-refractivity contribution is -0.131. The fraction of sp³-hybridized carbons (Fsp3) is 0.632. The Kier molecular flexibility index (Phi) is 8.50. The molecule has 7 heteroatoms. The molecule has 7 nitrogen and oxygen atoms in total. The molecule has 0 radical (unpaired) electrons. The highest BCUT2D eigenvalue weighted by Gasteiger charge is 2.27. The van der Waals surface area contributed by atoms with Crippen molar-refractivity contribution in [1.82, 2.24) is 19.7 Å². The number of hydrogen-bond acceptors (Lipinski definition) is 5. The molecule has 26 heavy (non-hydrogen) atoms. The van der Waals surface area contributed by atoms with E-state index in [-0.39, 0.29) is 6.47 Å². The lowest BCUT2D eigenvalue weighted by atomic mass is 10.0. The summed E-state index contributed by atoms with van der Waals surface area (Å²) in [5.41, 5.74) is 1.28. The van der Waals surface area contributed by atoms with E-state index in [1.165, 1.54) is 5.56 Å². The van der Waals surface area contributed by atoms with Gasteiger partial charge in [-0.15, -0.1) is 0 Å². The molecule has 1 atom stereocenters. The molecule has 2 aliphatic rings. The summed E-state index contributed by atoms with van der Waals surface area (Å²) in [4.78, 5) is 31.8. The SMILES string of the molecule is CN1CCCN(CC(=O)N2CCC(Cc3cccnc3)C2)CC1.O=CO. The van der Waals surface area contributed by atoms with Gasteiger partial charge < -0.3 is 14.9 Å². The van der Waals surface area contributed by atoms with Crippen LogP contribution in [0.15, 0.2) is 24.5 Å². The molecule has 1 N–H and O–H groups in total. The minimum Gasteiger partial charge on any atom is -0.483 e. The average molecular weight is 362 g/mol. The van der Waals surface area contributed by atoms with Gasteiger partial charge in [-0.2, -0.15) is 0 Å². The molecule has 0 aromatic carbocycles. The van der Waals surface area contributed by atoms with E-state index in [1.807, 2.05) is 18.5 Å². The predicted molar refractivity (Wildman–Crippen MR) is 99.9 cm³/mol. The van der Waals surface area contributed by atoms with Crippen molar-refractivity contribution >= 4 is 12.4 Å². The molecule has 2 fully saturated rings. The number of likely N-dealkylation sites (tertiary alicyclic amines) is 1. The quantitative estimate of drug-likeness (QED) is 0.799. The first-order chi connectivity index (χ1) is 12.6. The van der Waals surface area contributed by atoms with E-state index < -0.39 is 0 Å². The van der Waals surface area contributed by atoms with E-state index in [4.69, 9.17) is 9.90 Å². The van der Waals surface area contributed by atoms with E-state index >= 15 is 0 Å². The second-order valence-electron chi connectivity index (χ2n) is 7.10. The fourth-order valence-electron chi connectivity index (χ4n) is 3.63. The van der Waals surface area contributed by atoms with Crippen LogP contribution in [0.5, 0.6) is 0 Å². The number of amides is 1. The van der Waals surface area contributed by atoms with Crippen molar-refractivity contribution in [2.75, 3.05) is 52.9 Å². The molecule has 2 aliphatic heterocycles. The van der Waals surface area contributed by atoms with E-state index in [0.29, 0.717) is 18.4 Å². The number of aromatic nitrogens is 1. The zero-order valence-corrected chi connectivity index (χ0v) is 15.6. The van der Waals surface area contributed by atoms with Crippen LogP contribution >= 0.6 is 0 Å². The number of hydrogen-bond donors (Lipinski definition) is 1. The van der Waals surface area contributed by atoms with Gasteiger partial charge in [-0.25, -0.2) is 0 Å². The predicted octanol–water partition coefficient (Wildman–Crippen LogP) is 0.811. The minimum atomic E-state index is -0.250. The van der Waals surface area contributed by atoms with Crippen LogP contribution in [0.3, 0.4) is 0 Å². The molecule has 0 saturated carbocycles. The largest absolute Gasteiger partial charge is 0.483 e. The Morgan fingerprint density at radius 1 is 1.31 bits per heavy atom. The molecule has 3 rings (SSSR count). The van der Waals surface area contributed by atoms with Gasteiger partial charge in [0.05, 0.1) is 6.54 Å². The van der Waals surface area contributed by atoms with Gasteiger partial charge in [-0.3, -0.25) is 19.5 Å². The molecule has 1 amide bonds. The summed E-state index contributed by atoms with van der Waals surface area (Å²) < 4.78 is 0. The Bertz CT molecular complexity index is 555. The lowest BCUT2D eigenvalue weighted by Gasteiger charge is -2.23. The number of likely N-dealkylation sites (N-methyl/N-ethyl adjacent to an activating group) is 1. The Balaban J connectivity index is 0.000000758. The Morgan fingerprint density at radius 2 is 2.12 bits per heavy atom. The van der Waals surface area contributed by atoms with Gasteiger partial charge in [-0.1, -0.05) is 6.07 Å². The van der Waals surface area contributed by atoms with E-state index in [9.17, 15) is 4.79 Å². The highest BCUT2D eigenvalue weighted by atomic mass is 16.3. The minimum absolute atomic E-state index is 0.250. The number of rotatable bonds is 4. The molecule has 0 bridgehead atoms. The van der Waals surface area contributed by atoms with Crippen LogP contribution in [0.2, 0.25) is 0 Å². The summed E-state index contributed by atoms with van der Waals surface area (Å²) in [6.07, 6.45) is 7.06. The van der Waals surface area contributed by atoms with Crippen LogP contribution in [0.1, 0.15) is 18.4 Å². The van der Waals surface area contributed by atoms with Crippen LogP contribution in [-0.4, -0.2) is 90.0 Å². The molecule has 144 valence electrons. The number of carboxylic acid groups (broad SMARTS) is 1. The third-order valence-corrected chi connectivity index (χ3v) is 5.06. The number of pyridine rings is 1. The molecule has 2 saturated heterocycles. The summed E-state index contributed by atoms with van der Waals surface area (Å²) in [7, 11) is 2.16. The highest BCUT2D eigenvalue weighted by molar-refractivity contribution is 5.78. The molecular formula is C19H30N4O3. The maximum absolute atomic E-state index is 12.6. The Morgan fingerprint density at radius 3 is 2.85 bits per heavy atom. The molecule has 1 unspecified atom stereocenters. The third kappa shape index (κ3) is 6.72. The second kappa shape index (κ2) is 10.9. The van der Waals surface area contributed by atoms with Gasteiger partial charge in [0.25, 0.3) is 6.47 Å². The zero-order valence-electron chi connectivity index (χ0n) is 15.6. The summed E-state index contributed by atoms with van der Waals surface area (Å²) in [5.74, 6) is 0.890. The molecular weight excluding hydrogens is 332 g/mol. The summed E-state index contributed by atoms with van der Waals surface area (Å²) in [6, 6.07) is 4.12. The first-order valence-corrected chi connectivity index (χ1v) is 9.27. The van der Waals surface area contributed by atoms with Gasteiger partial charge >= 0.3 is 0 Å². The van der Waals surface area contributed by atoms with E-state index in [0.717, 1.165) is 58.5 Å². The van der Waals surface area contributed by atoms with Crippen LogP contribution < -0.4 is 0 Å². The van der Waals surface area contributed by atoms with Crippen molar-refractivity contribution in [3.63, 3.8) is 0 Å². The lowest BCUT2D eigenvalue weighted by Crippen LogP contribution is -2.40. The van der Waals surface area contributed by atoms with Gasteiger partial charge in [0.2, 0.25) is 5.91 Å². The van der Waals surface area contributed by atoms with Crippen LogP contribution in [0, 0.1) is 5.92 Å². The van der Waals surface area contributed by atoms with Gasteiger partial charge in [0.1, 0.15) is 0 Å². The van der Waals surface area contributed by atoms with Crippen LogP contribution in [-0.2, 0) is 16.0 Å². The summed E-state index contributed by atoms with van der Waals surface area (Å²) in [5, 5.41) is 6.89. The molecule has 1 aromatic heterocycles. The van der Waals surface area contributed by atoms with Gasteiger partial charge in [-0.05, 0) is 56.9 Å². The molecule has 0 aliphatic carbocycles. The first-order valence-electron chi connectivity index (χ1n) is 9.27. The van der Waals surface area contributed by atoms with Crippen molar-refractivity contribution in [2.24, 2.45) is 5.92 Å². The fourth-order valence-corrected chi connectivity index (χ4v) is 3.63. The van der Waals surface area contributed by atoms with Gasteiger partial charge in [0, 0.05) is 38.6 Å². The summed E-state index contributed by atoms with van der Waals surface area (Å²) in [6.45, 7) is 6.42.